The molecule has 0 heterocycles. The van der Waals surface area contributed by atoms with Crippen LogP contribution in [0.4, 0.5) is 4.79 Å². The molecule has 1 N–H and O–H groups in total. The van der Waals surface area contributed by atoms with Gasteiger partial charge in [0.05, 0.1) is 5.54 Å². The number of allylic oxidation sites excluding steroid dienone is 1. The van der Waals surface area contributed by atoms with Gasteiger partial charge in [-0.05, 0) is 141 Å². The molecule has 0 saturated heterocycles. The van der Waals surface area contributed by atoms with Crippen LogP contribution in [-0.2, 0) is 20.9 Å². The van der Waals surface area contributed by atoms with Gasteiger partial charge in [-0.2, -0.15) is 0 Å². The first-order chi connectivity index (χ1) is 22.7. The Morgan fingerprint density at radius 1 is 0.979 bits per heavy atom. The lowest BCUT2D eigenvalue weighted by molar-refractivity contribution is -0.169. The molecule has 8 heteroatoms. The number of Topliss-reactive ketones (excluding diaryl/α,β-unsaturated/α-hetero) is 1. The minimum atomic E-state index is -0.601. The predicted molar refractivity (Wildman–Crippen MR) is 190 cm³/mol. The maximum Gasteiger partial charge on any atom is 0.318 e. The maximum absolute atomic E-state index is 14.3. The zero-order chi connectivity index (χ0) is 34.5. The van der Waals surface area contributed by atoms with Crippen LogP contribution in [0.2, 0.25) is 5.02 Å². The summed E-state index contributed by atoms with van der Waals surface area (Å²) < 4.78 is 5.81. The third-order valence-corrected chi connectivity index (χ3v) is 13.8. The summed E-state index contributed by atoms with van der Waals surface area (Å²) in [6, 6.07) is 7.64. The Morgan fingerprint density at radius 2 is 1.69 bits per heavy atom. The van der Waals surface area contributed by atoms with Crippen molar-refractivity contribution in [1.29, 1.82) is 0 Å². The monoisotopic (exact) mass is 679 g/mol. The number of hydrogen-bond donors (Lipinski definition) is 1. The van der Waals surface area contributed by atoms with E-state index in [4.69, 9.17) is 16.3 Å². The summed E-state index contributed by atoms with van der Waals surface area (Å²) in [6.45, 7) is 12.6. The fraction of sp³-hybridized carbons (Fsp3) is 0.725. The van der Waals surface area contributed by atoms with E-state index in [1.165, 1.54) is 24.8 Å². The summed E-state index contributed by atoms with van der Waals surface area (Å²) in [4.78, 5) is 44.1. The number of carbonyl (C=O) groups excluding carboxylic acids is 3. The summed E-state index contributed by atoms with van der Waals surface area (Å²) in [5, 5.41) is 4.25. The second-order valence-electron chi connectivity index (χ2n) is 16.8. The largest absolute Gasteiger partial charge is 0.462 e. The van der Waals surface area contributed by atoms with Gasteiger partial charge in [0.15, 0.2) is 5.78 Å². The van der Waals surface area contributed by atoms with E-state index in [1.807, 2.05) is 43.3 Å². The minimum Gasteiger partial charge on any atom is -0.462 e. The standard InChI is InChI=1S/C40H58ClN3O4/c1-24(2)36-34(46)22-40(42-38(47)44(21-20-43(6)7)23-27-8-10-28(41)11-9-27)19-16-29-30-12-14-32-25(3)35(48-26(4)45)17-18-39(32,5)33(30)15-13-31(29)37(36)40/h8-11,24-25,29-33,35H,12-23H2,1-7H3,(H,42,47). The van der Waals surface area contributed by atoms with Crippen molar-refractivity contribution in [2.75, 3.05) is 27.2 Å². The number of halogens is 1. The highest BCUT2D eigenvalue weighted by atomic mass is 35.5. The number of esters is 1. The van der Waals surface area contributed by atoms with Gasteiger partial charge in [0.2, 0.25) is 0 Å². The number of ether oxygens (including phenoxy) is 1. The van der Waals surface area contributed by atoms with Gasteiger partial charge < -0.3 is 19.9 Å². The van der Waals surface area contributed by atoms with Crippen molar-refractivity contribution >= 4 is 29.4 Å². The molecule has 0 aliphatic heterocycles. The van der Waals surface area contributed by atoms with Crippen molar-refractivity contribution in [3.8, 4) is 0 Å². The number of carbonyl (C=O) groups is 3. The highest BCUT2D eigenvalue weighted by Crippen LogP contribution is 2.66. The first-order valence-electron chi connectivity index (χ1n) is 18.6. The molecule has 0 aromatic heterocycles. The molecule has 6 rings (SSSR count). The van der Waals surface area contributed by atoms with Crippen LogP contribution in [0.15, 0.2) is 35.4 Å². The van der Waals surface area contributed by atoms with Crippen LogP contribution in [-0.4, -0.2) is 66.4 Å². The van der Waals surface area contributed by atoms with Gasteiger partial charge in [-0.25, -0.2) is 4.79 Å². The quantitative estimate of drug-likeness (QED) is 0.283. The first kappa shape index (κ1) is 35.4. The molecule has 1 aromatic carbocycles. The fourth-order valence-corrected chi connectivity index (χ4v) is 11.6. The molecule has 2 amide bonds. The summed E-state index contributed by atoms with van der Waals surface area (Å²) >= 11 is 6.17. The third kappa shape index (κ3) is 6.48. The molecule has 7 nitrogen and oxygen atoms in total. The number of benzene rings is 1. The Labute approximate surface area is 293 Å². The van der Waals surface area contributed by atoms with Gasteiger partial charge in [0, 0.05) is 38.0 Å². The lowest BCUT2D eigenvalue weighted by atomic mass is 9.43. The highest BCUT2D eigenvalue weighted by Gasteiger charge is 2.61. The molecule has 48 heavy (non-hydrogen) atoms. The van der Waals surface area contributed by atoms with Crippen molar-refractivity contribution in [2.24, 2.45) is 46.8 Å². The van der Waals surface area contributed by atoms with E-state index in [0.717, 1.165) is 49.8 Å². The lowest BCUT2D eigenvalue weighted by Crippen LogP contribution is -2.60. The van der Waals surface area contributed by atoms with E-state index in [2.05, 4.69) is 37.9 Å². The average Bonchev–Trinajstić information content (AvgIpc) is 3.33. The molecular formula is C40H58ClN3O4. The molecule has 0 spiro atoms. The summed E-state index contributed by atoms with van der Waals surface area (Å²) in [5.41, 5.74) is 2.97. The molecule has 9 unspecified atom stereocenters. The van der Waals surface area contributed by atoms with Gasteiger partial charge in [-0.1, -0.05) is 51.4 Å². The number of rotatable bonds is 8. The molecule has 5 aliphatic rings. The number of ketones is 1. The summed E-state index contributed by atoms with van der Waals surface area (Å²) in [7, 11) is 4.06. The van der Waals surface area contributed by atoms with E-state index in [-0.39, 0.29) is 35.2 Å². The lowest BCUT2D eigenvalue weighted by Gasteiger charge is -2.62. The minimum absolute atomic E-state index is 0.0348. The van der Waals surface area contributed by atoms with Crippen molar-refractivity contribution in [3.05, 3.63) is 46.0 Å². The van der Waals surface area contributed by atoms with E-state index >= 15 is 0 Å². The average molecular weight is 680 g/mol. The van der Waals surface area contributed by atoms with Crippen LogP contribution in [0, 0.1) is 46.8 Å². The molecule has 4 fully saturated rings. The number of hydrogen-bond acceptors (Lipinski definition) is 5. The van der Waals surface area contributed by atoms with Gasteiger partial charge in [0.1, 0.15) is 6.10 Å². The van der Waals surface area contributed by atoms with Crippen LogP contribution in [0.1, 0.15) is 98.0 Å². The Morgan fingerprint density at radius 3 is 2.35 bits per heavy atom. The van der Waals surface area contributed by atoms with Crippen LogP contribution >= 0.6 is 11.6 Å². The number of urea groups is 1. The maximum atomic E-state index is 14.3. The number of fused-ring (bicyclic) bond motifs is 7. The van der Waals surface area contributed by atoms with Gasteiger partial charge in [-0.3, -0.25) is 9.59 Å². The van der Waals surface area contributed by atoms with E-state index in [1.54, 1.807) is 6.92 Å². The number of nitrogens with one attached hydrogen (secondary N) is 1. The van der Waals surface area contributed by atoms with E-state index in [0.29, 0.717) is 60.0 Å². The topological polar surface area (TPSA) is 79.0 Å². The molecule has 9 atom stereocenters. The van der Waals surface area contributed by atoms with Gasteiger partial charge in [0.25, 0.3) is 0 Å². The molecule has 0 bridgehead atoms. The fourth-order valence-electron chi connectivity index (χ4n) is 11.5. The van der Waals surface area contributed by atoms with Crippen molar-refractivity contribution < 1.29 is 19.1 Å². The van der Waals surface area contributed by atoms with Crippen LogP contribution in [0.25, 0.3) is 0 Å². The second kappa shape index (κ2) is 13.7. The molecular weight excluding hydrogens is 622 g/mol. The first-order valence-corrected chi connectivity index (χ1v) is 19.0. The van der Waals surface area contributed by atoms with E-state index < -0.39 is 5.54 Å². The van der Waals surface area contributed by atoms with Crippen LogP contribution in [0.5, 0.6) is 0 Å². The highest BCUT2D eigenvalue weighted by molar-refractivity contribution is 6.30. The zero-order valence-corrected chi connectivity index (χ0v) is 31.1. The van der Waals surface area contributed by atoms with Gasteiger partial charge in [-0.15, -0.1) is 0 Å². The molecule has 264 valence electrons. The molecule has 4 saturated carbocycles. The Balaban J connectivity index is 1.26. The molecule has 5 aliphatic carbocycles. The predicted octanol–water partition coefficient (Wildman–Crippen LogP) is 7.91. The zero-order valence-electron chi connectivity index (χ0n) is 30.3. The van der Waals surface area contributed by atoms with E-state index in [9.17, 15) is 14.4 Å². The summed E-state index contributed by atoms with van der Waals surface area (Å²) in [6.07, 6.45) is 9.02. The summed E-state index contributed by atoms with van der Waals surface area (Å²) in [5.74, 6) is 3.33. The smallest absolute Gasteiger partial charge is 0.318 e. The number of nitrogens with zero attached hydrogens (tertiary/aromatic N) is 2. The van der Waals surface area contributed by atoms with Crippen LogP contribution < -0.4 is 5.32 Å². The SMILES string of the molecule is CC(=O)OC1CCC2(C)C(CCC3C4CCC5(NC(=O)N(CCN(C)C)Cc6ccc(Cl)cc6)CC(=O)C(C(C)C)=C5C4CCC32)C1C. The third-order valence-electron chi connectivity index (χ3n) is 13.5. The second-order valence-corrected chi connectivity index (χ2v) is 17.3. The van der Waals surface area contributed by atoms with Crippen molar-refractivity contribution in [1.82, 2.24) is 15.1 Å². The normalized spacial score (nSPS) is 35.9. The van der Waals surface area contributed by atoms with Crippen molar-refractivity contribution in [2.45, 2.75) is 111 Å². The Kier molecular flexibility index (Phi) is 10.1. The Hall–Kier alpha value is -2.38. The Bertz CT molecular complexity index is 1420. The van der Waals surface area contributed by atoms with Crippen LogP contribution in [0.3, 0.4) is 0 Å². The number of amides is 2. The van der Waals surface area contributed by atoms with Crippen molar-refractivity contribution in [3.63, 3.8) is 0 Å². The molecule has 0 radical (unpaired) electrons. The number of likely N-dealkylation sites (N-methyl/N-ethyl adjacent to an activating group) is 1. The molecule has 1 aromatic rings. The van der Waals surface area contributed by atoms with Gasteiger partial charge >= 0.3 is 12.0 Å².